The first-order valence-electron chi connectivity index (χ1n) is 8.19. The van der Waals surface area contributed by atoms with E-state index in [-0.39, 0.29) is 11.4 Å². The molecular weight excluding hydrogens is 266 g/mol. The molecule has 1 rings (SSSR count). The van der Waals surface area contributed by atoms with E-state index in [9.17, 15) is 14.7 Å². The molecule has 21 heavy (non-hydrogen) atoms. The van der Waals surface area contributed by atoms with Gasteiger partial charge in [0.05, 0.1) is 5.41 Å². The second kappa shape index (κ2) is 7.28. The topological polar surface area (TPSA) is 57.6 Å². The lowest BCUT2D eigenvalue weighted by molar-refractivity contribution is -0.149. The molecule has 0 aromatic carbocycles. The first kappa shape index (κ1) is 18.0. The molecule has 4 nitrogen and oxygen atoms in total. The van der Waals surface area contributed by atoms with Gasteiger partial charge < -0.3 is 10.0 Å². The number of nitrogens with zero attached hydrogens (tertiary/aromatic N) is 1. The van der Waals surface area contributed by atoms with Gasteiger partial charge in [0.2, 0.25) is 5.91 Å². The van der Waals surface area contributed by atoms with Gasteiger partial charge in [0, 0.05) is 19.5 Å². The summed E-state index contributed by atoms with van der Waals surface area (Å²) in [5.41, 5.74) is -0.664. The maximum atomic E-state index is 11.7. The van der Waals surface area contributed by atoms with Gasteiger partial charge in [-0.05, 0) is 39.5 Å². The van der Waals surface area contributed by atoms with Crippen molar-refractivity contribution in [3.8, 4) is 0 Å². The highest BCUT2D eigenvalue weighted by Crippen LogP contribution is 2.35. The van der Waals surface area contributed by atoms with Crippen LogP contribution in [0, 0.1) is 5.41 Å². The van der Waals surface area contributed by atoms with Crippen molar-refractivity contribution in [2.75, 3.05) is 7.05 Å². The molecule has 0 spiro atoms. The Hall–Kier alpha value is -1.06. The van der Waals surface area contributed by atoms with Crippen molar-refractivity contribution in [2.24, 2.45) is 5.41 Å². The monoisotopic (exact) mass is 297 g/mol. The minimum Gasteiger partial charge on any atom is -0.481 e. The van der Waals surface area contributed by atoms with Gasteiger partial charge >= 0.3 is 5.97 Å². The van der Waals surface area contributed by atoms with Gasteiger partial charge in [0.15, 0.2) is 0 Å². The highest BCUT2D eigenvalue weighted by molar-refractivity contribution is 5.74. The molecule has 0 aromatic heterocycles. The Morgan fingerprint density at radius 3 is 1.81 bits per heavy atom. The average Bonchev–Trinajstić information content (AvgIpc) is 2.44. The molecule has 1 aliphatic rings. The Morgan fingerprint density at radius 2 is 1.33 bits per heavy atom. The van der Waals surface area contributed by atoms with Gasteiger partial charge in [-0.15, -0.1) is 0 Å². The first-order valence-corrected chi connectivity index (χ1v) is 8.19. The maximum absolute atomic E-state index is 11.7. The third-order valence-electron chi connectivity index (χ3n) is 5.44. The number of hydrogen-bond acceptors (Lipinski definition) is 2. The molecule has 0 heterocycles. The van der Waals surface area contributed by atoms with Gasteiger partial charge in [-0.1, -0.05) is 32.1 Å². The van der Waals surface area contributed by atoms with Crippen molar-refractivity contribution in [3.63, 3.8) is 0 Å². The van der Waals surface area contributed by atoms with E-state index in [1.54, 1.807) is 6.92 Å². The molecule has 0 radical (unpaired) electrons. The Balaban J connectivity index is 2.76. The van der Waals surface area contributed by atoms with Crippen LogP contribution in [0.3, 0.4) is 0 Å². The van der Waals surface area contributed by atoms with Crippen LogP contribution in [0.25, 0.3) is 0 Å². The van der Waals surface area contributed by atoms with Crippen LogP contribution in [-0.4, -0.2) is 34.5 Å². The third-order valence-corrected chi connectivity index (χ3v) is 5.44. The Labute approximate surface area is 128 Å². The van der Waals surface area contributed by atoms with E-state index in [0.29, 0.717) is 0 Å². The third kappa shape index (κ3) is 4.72. The van der Waals surface area contributed by atoms with E-state index in [1.165, 1.54) is 0 Å². The van der Waals surface area contributed by atoms with E-state index >= 15 is 0 Å². The van der Waals surface area contributed by atoms with E-state index in [2.05, 4.69) is 6.92 Å². The number of rotatable bonds is 2. The SMILES string of the molecule is CC(=O)N(C)C1(C)CCCCCC(C)(C(=O)O)CCCC1. The summed E-state index contributed by atoms with van der Waals surface area (Å²) in [4.78, 5) is 25.1. The van der Waals surface area contributed by atoms with Crippen molar-refractivity contribution >= 4 is 11.9 Å². The van der Waals surface area contributed by atoms with Crippen molar-refractivity contribution in [1.82, 2.24) is 4.90 Å². The van der Waals surface area contributed by atoms with Crippen molar-refractivity contribution in [1.29, 1.82) is 0 Å². The maximum Gasteiger partial charge on any atom is 0.309 e. The fraction of sp³-hybridized carbons (Fsp3) is 0.882. The quantitative estimate of drug-likeness (QED) is 0.842. The molecule has 0 saturated heterocycles. The zero-order valence-electron chi connectivity index (χ0n) is 14.1. The molecule has 0 aliphatic heterocycles. The summed E-state index contributed by atoms with van der Waals surface area (Å²) >= 11 is 0. The predicted molar refractivity (Wildman–Crippen MR) is 84.1 cm³/mol. The Bertz CT molecular complexity index is 382. The summed E-state index contributed by atoms with van der Waals surface area (Å²) in [5, 5.41) is 9.46. The zero-order chi connectivity index (χ0) is 16.1. The molecule has 4 heteroatoms. The van der Waals surface area contributed by atoms with Gasteiger partial charge in [-0.3, -0.25) is 9.59 Å². The minimum atomic E-state index is -0.662. The molecule has 2 unspecified atom stereocenters. The molecule has 1 amide bonds. The Kier molecular flexibility index (Phi) is 6.24. The highest BCUT2D eigenvalue weighted by Gasteiger charge is 2.34. The van der Waals surface area contributed by atoms with Crippen LogP contribution in [0.15, 0.2) is 0 Å². The van der Waals surface area contributed by atoms with Crippen LogP contribution in [0.5, 0.6) is 0 Å². The summed E-state index contributed by atoms with van der Waals surface area (Å²) < 4.78 is 0. The fourth-order valence-electron chi connectivity index (χ4n) is 3.40. The van der Waals surface area contributed by atoms with Gasteiger partial charge in [-0.25, -0.2) is 0 Å². The van der Waals surface area contributed by atoms with E-state index in [4.69, 9.17) is 0 Å². The summed E-state index contributed by atoms with van der Waals surface area (Å²) in [6, 6.07) is 0. The van der Waals surface area contributed by atoms with E-state index in [0.717, 1.165) is 57.8 Å². The van der Waals surface area contributed by atoms with Crippen molar-refractivity contribution < 1.29 is 14.7 Å². The molecular formula is C17H31NO3. The smallest absolute Gasteiger partial charge is 0.309 e. The summed E-state index contributed by atoms with van der Waals surface area (Å²) in [6.45, 7) is 5.68. The van der Waals surface area contributed by atoms with Crippen LogP contribution in [0.2, 0.25) is 0 Å². The molecule has 1 aliphatic carbocycles. The summed E-state index contributed by atoms with van der Waals surface area (Å²) in [6.07, 6.45) is 8.44. The summed E-state index contributed by atoms with van der Waals surface area (Å²) in [7, 11) is 1.89. The lowest BCUT2D eigenvalue weighted by atomic mass is 9.80. The molecule has 1 fully saturated rings. The average molecular weight is 297 g/mol. The molecule has 2 atom stereocenters. The Morgan fingerprint density at radius 1 is 0.905 bits per heavy atom. The van der Waals surface area contributed by atoms with Crippen molar-refractivity contribution in [2.45, 2.75) is 84.1 Å². The van der Waals surface area contributed by atoms with Crippen LogP contribution < -0.4 is 0 Å². The fourth-order valence-corrected chi connectivity index (χ4v) is 3.40. The van der Waals surface area contributed by atoms with E-state index < -0.39 is 11.4 Å². The second-order valence-corrected chi connectivity index (χ2v) is 7.21. The zero-order valence-corrected chi connectivity index (χ0v) is 14.1. The van der Waals surface area contributed by atoms with Crippen LogP contribution >= 0.6 is 0 Å². The number of aliphatic carboxylic acids is 1. The molecule has 122 valence electrons. The second-order valence-electron chi connectivity index (χ2n) is 7.21. The molecule has 0 aromatic rings. The first-order chi connectivity index (χ1) is 9.71. The number of amides is 1. The minimum absolute atomic E-state index is 0.0875. The number of carbonyl (C=O) groups is 2. The normalized spacial score (nSPS) is 32.0. The van der Waals surface area contributed by atoms with Crippen LogP contribution in [0.4, 0.5) is 0 Å². The van der Waals surface area contributed by atoms with Gasteiger partial charge in [0.25, 0.3) is 0 Å². The molecule has 1 saturated carbocycles. The number of hydrogen-bond donors (Lipinski definition) is 1. The highest BCUT2D eigenvalue weighted by atomic mass is 16.4. The molecule has 0 bridgehead atoms. The summed E-state index contributed by atoms with van der Waals surface area (Å²) in [5.74, 6) is -0.548. The number of carboxylic acids is 1. The lowest BCUT2D eigenvalue weighted by Crippen LogP contribution is -2.46. The molecule has 1 N–H and O–H groups in total. The van der Waals surface area contributed by atoms with E-state index in [1.807, 2.05) is 18.9 Å². The lowest BCUT2D eigenvalue weighted by Gasteiger charge is -2.39. The van der Waals surface area contributed by atoms with Gasteiger partial charge in [-0.2, -0.15) is 0 Å². The van der Waals surface area contributed by atoms with Gasteiger partial charge in [0.1, 0.15) is 0 Å². The number of carboxylic acid groups (broad SMARTS) is 1. The van der Waals surface area contributed by atoms with Crippen LogP contribution in [-0.2, 0) is 9.59 Å². The van der Waals surface area contributed by atoms with Crippen LogP contribution in [0.1, 0.15) is 78.6 Å². The largest absolute Gasteiger partial charge is 0.481 e. The predicted octanol–water partition coefficient (Wildman–Crippen LogP) is 3.84. The standard InChI is InChI=1S/C17H31NO3/c1-14(19)18(4)17(3)12-7-5-6-10-16(2,15(20)21)11-8-9-13-17/h5-13H2,1-4H3,(H,20,21). The van der Waals surface area contributed by atoms with Crippen molar-refractivity contribution in [3.05, 3.63) is 0 Å². The number of carbonyl (C=O) groups excluding carboxylic acids is 1.